The zero-order valence-electron chi connectivity index (χ0n) is 12.6. The molecule has 0 saturated carbocycles. The number of nitrogens with zero attached hydrogens (tertiary/aromatic N) is 1. The third-order valence-electron chi connectivity index (χ3n) is 3.22. The number of hydrogen-bond donors (Lipinski definition) is 2. The van der Waals surface area contributed by atoms with Crippen molar-refractivity contribution in [2.75, 3.05) is 13.1 Å². The first-order valence-electron chi connectivity index (χ1n) is 7.13. The first-order valence-corrected chi connectivity index (χ1v) is 8.07. The van der Waals surface area contributed by atoms with Crippen molar-refractivity contribution < 1.29 is 10.2 Å². The summed E-state index contributed by atoms with van der Waals surface area (Å²) in [5.74, 6) is 0. The van der Waals surface area contributed by atoms with Crippen LogP contribution in [0.5, 0.6) is 0 Å². The molecular weight excluding hydrogens is 282 g/mol. The Morgan fingerprint density at radius 1 is 1.19 bits per heavy atom. The van der Waals surface area contributed by atoms with Crippen molar-refractivity contribution in [1.82, 2.24) is 4.90 Å². The van der Waals surface area contributed by atoms with Crippen LogP contribution in [0.4, 0.5) is 0 Å². The average Bonchev–Trinajstić information content (AvgIpc) is 2.91. The van der Waals surface area contributed by atoms with E-state index in [-0.39, 0.29) is 0 Å². The van der Waals surface area contributed by atoms with Crippen molar-refractivity contribution >= 4 is 11.3 Å². The van der Waals surface area contributed by atoms with Crippen LogP contribution < -0.4 is 0 Å². The van der Waals surface area contributed by atoms with Crippen LogP contribution in [0.15, 0.2) is 47.2 Å². The van der Waals surface area contributed by atoms with E-state index in [2.05, 4.69) is 17.0 Å². The monoisotopic (exact) mass is 305 g/mol. The summed E-state index contributed by atoms with van der Waals surface area (Å²) in [5, 5.41) is 24.4. The number of rotatable bonds is 7. The molecule has 2 rings (SSSR count). The predicted molar refractivity (Wildman–Crippen MR) is 87.3 cm³/mol. The van der Waals surface area contributed by atoms with Crippen LogP contribution in [0.2, 0.25) is 0 Å². The van der Waals surface area contributed by atoms with Crippen LogP contribution in [0, 0.1) is 0 Å². The topological polar surface area (TPSA) is 43.7 Å². The van der Waals surface area contributed by atoms with E-state index >= 15 is 0 Å². The Balaban J connectivity index is 2.05. The lowest BCUT2D eigenvalue weighted by atomic mass is 10.1. The van der Waals surface area contributed by atoms with E-state index in [0.717, 1.165) is 5.56 Å². The second kappa shape index (κ2) is 7.18. The number of aliphatic hydroxyl groups is 2. The molecule has 114 valence electrons. The molecule has 0 fully saturated rings. The average molecular weight is 305 g/mol. The van der Waals surface area contributed by atoms with Crippen LogP contribution >= 0.6 is 11.3 Å². The van der Waals surface area contributed by atoms with Crippen LogP contribution in [0.3, 0.4) is 0 Å². The molecule has 0 saturated heterocycles. The first-order chi connectivity index (χ1) is 9.94. The van der Waals surface area contributed by atoms with Crippen LogP contribution in [0.25, 0.3) is 0 Å². The van der Waals surface area contributed by atoms with Gasteiger partial charge in [-0.2, -0.15) is 11.3 Å². The molecular formula is C17H23NO2S. The summed E-state index contributed by atoms with van der Waals surface area (Å²) in [7, 11) is 0. The smallest absolute Gasteiger partial charge is 0.0925 e. The van der Waals surface area contributed by atoms with Gasteiger partial charge in [-0.25, -0.2) is 0 Å². The summed E-state index contributed by atoms with van der Waals surface area (Å²) in [4.78, 5) is 2.09. The van der Waals surface area contributed by atoms with E-state index in [0.29, 0.717) is 19.6 Å². The second-order valence-electron chi connectivity index (χ2n) is 6.04. The van der Waals surface area contributed by atoms with Gasteiger partial charge in [-0.15, -0.1) is 0 Å². The van der Waals surface area contributed by atoms with E-state index in [1.165, 1.54) is 5.56 Å². The third-order valence-corrected chi connectivity index (χ3v) is 3.92. The van der Waals surface area contributed by atoms with E-state index < -0.39 is 11.7 Å². The molecule has 1 unspecified atom stereocenters. The summed E-state index contributed by atoms with van der Waals surface area (Å²) >= 11 is 1.58. The number of aliphatic hydroxyl groups excluding tert-OH is 1. The molecule has 4 heteroatoms. The lowest BCUT2D eigenvalue weighted by Gasteiger charge is -2.30. The Bertz CT molecular complexity index is 519. The van der Waals surface area contributed by atoms with Gasteiger partial charge in [0.25, 0.3) is 0 Å². The molecule has 1 atom stereocenters. The van der Waals surface area contributed by atoms with Gasteiger partial charge in [0.1, 0.15) is 0 Å². The second-order valence-corrected chi connectivity index (χ2v) is 6.82. The number of hydrogen-bond acceptors (Lipinski definition) is 4. The highest BCUT2D eigenvalue weighted by Crippen LogP contribution is 2.19. The summed E-state index contributed by atoms with van der Waals surface area (Å²) in [6, 6.07) is 12.1. The molecule has 0 aliphatic rings. The maximum atomic E-state index is 10.3. The summed E-state index contributed by atoms with van der Waals surface area (Å²) in [5.41, 5.74) is 1.33. The lowest BCUT2D eigenvalue weighted by molar-refractivity contribution is 0.0151. The maximum Gasteiger partial charge on any atom is 0.0925 e. The highest BCUT2D eigenvalue weighted by molar-refractivity contribution is 7.07. The van der Waals surface area contributed by atoms with E-state index in [9.17, 15) is 10.2 Å². The highest BCUT2D eigenvalue weighted by atomic mass is 32.1. The molecule has 0 amide bonds. The molecule has 2 aromatic rings. The van der Waals surface area contributed by atoms with Crippen LogP contribution in [-0.4, -0.2) is 33.8 Å². The molecule has 0 bridgehead atoms. The molecule has 1 heterocycles. The predicted octanol–water partition coefficient (Wildman–Crippen LogP) is 3.05. The van der Waals surface area contributed by atoms with Gasteiger partial charge >= 0.3 is 0 Å². The Hall–Kier alpha value is -1.20. The SMILES string of the molecule is CC(C)(O)CN(Cc1ccccc1)CC(O)c1ccsc1. The third kappa shape index (κ3) is 5.59. The normalized spacial score (nSPS) is 13.6. The van der Waals surface area contributed by atoms with Gasteiger partial charge < -0.3 is 10.2 Å². The summed E-state index contributed by atoms with van der Waals surface area (Å²) < 4.78 is 0. The molecule has 1 aromatic carbocycles. The van der Waals surface area contributed by atoms with Gasteiger partial charge in [0, 0.05) is 19.6 Å². The van der Waals surface area contributed by atoms with E-state index in [4.69, 9.17) is 0 Å². The molecule has 0 spiro atoms. The van der Waals surface area contributed by atoms with Crippen molar-refractivity contribution in [3.8, 4) is 0 Å². The molecule has 2 N–H and O–H groups in total. The zero-order valence-corrected chi connectivity index (χ0v) is 13.4. The fourth-order valence-corrected chi connectivity index (χ4v) is 3.10. The van der Waals surface area contributed by atoms with Crippen LogP contribution in [-0.2, 0) is 6.54 Å². The largest absolute Gasteiger partial charge is 0.389 e. The van der Waals surface area contributed by atoms with Gasteiger partial charge in [0.15, 0.2) is 0 Å². The maximum absolute atomic E-state index is 10.3. The molecule has 0 aliphatic carbocycles. The van der Waals surface area contributed by atoms with Crippen molar-refractivity contribution in [3.05, 3.63) is 58.3 Å². The number of thiophene rings is 1. The van der Waals surface area contributed by atoms with Gasteiger partial charge in [-0.1, -0.05) is 30.3 Å². The minimum atomic E-state index is -0.789. The fraction of sp³-hybridized carbons (Fsp3) is 0.412. The highest BCUT2D eigenvalue weighted by Gasteiger charge is 2.21. The molecule has 21 heavy (non-hydrogen) atoms. The molecule has 0 aliphatic heterocycles. The summed E-state index contributed by atoms with van der Waals surface area (Å²) in [6.45, 7) is 5.33. The molecule has 0 radical (unpaired) electrons. The van der Waals surface area contributed by atoms with Crippen molar-refractivity contribution in [2.45, 2.75) is 32.1 Å². The fourth-order valence-electron chi connectivity index (χ4n) is 2.39. The Labute approximate surface area is 130 Å². The van der Waals surface area contributed by atoms with Crippen molar-refractivity contribution in [1.29, 1.82) is 0 Å². The van der Waals surface area contributed by atoms with Gasteiger partial charge in [0.2, 0.25) is 0 Å². The Kier molecular flexibility index (Phi) is 5.53. The van der Waals surface area contributed by atoms with Gasteiger partial charge in [0.05, 0.1) is 11.7 Å². The zero-order chi connectivity index (χ0) is 15.3. The van der Waals surface area contributed by atoms with Gasteiger partial charge in [-0.3, -0.25) is 4.90 Å². The van der Waals surface area contributed by atoms with Crippen molar-refractivity contribution in [3.63, 3.8) is 0 Å². The quantitative estimate of drug-likeness (QED) is 0.826. The minimum Gasteiger partial charge on any atom is -0.389 e. The molecule has 1 aromatic heterocycles. The lowest BCUT2D eigenvalue weighted by Crippen LogP contribution is -2.40. The summed E-state index contributed by atoms with van der Waals surface area (Å²) in [6.07, 6.45) is -0.526. The minimum absolute atomic E-state index is 0.510. The van der Waals surface area contributed by atoms with E-state index in [1.54, 1.807) is 25.2 Å². The van der Waals surface area contributed by atoms with Crippen molar-refractivity contribution in [2.24, 2.45) is 0 Å². The first kappa shape index (κ1) is 16.2. The Morgan fingerprint density at radius 3 is 2.48 bits per heavy atom. The van der Waals surface area contributed by atoms with Crippen LogP contribution in [0.1, 0.15) is 31.1 Å². The number of benzene rings is 1. The standard InChI is InChI=1S/C17H23NO2S/c1-17(2,20)13-18(10-14-6-4-3-5-7-14)11-16(19)15-8-9-21-12-15/h3-9,12,16,19-20H,10-11,13H2,1-2H3. The Morgan fingerprint density at radius 2 is 1.90 bits per heavy atom. The van der Waals surface area contributed by atoms with E-state index in [1.807, 2.05) is 35.0 Å². The van der Waals surface area contributed by atoms with Gasteiger partial charge in [-0.05, 0) is 41.8 Å². The molecule has 3 nitrogen and oxygen atoms in total.